The van der Waals surface area contributed by atoms with Crippen molar-refractivity contribution in [3.63, 3.8) is 0 Å². The molecule has 3 aromatic carbocycles. The Bertz CT molecular complexity index is 907. The van der Waals surface area contributed by atoms with Crippen LogP contribution in [0.5, 0.6) is 0 Å². The molecule has 4 rings (SSSR count). The highest BCUT2D eigenvalue weighted by molar-refractivity contribution is 5.94. The van der Waals surface area contributed by atoms with Gasteiger partial charge in [-0.1, -0.05) is 91.0 Å². The molecule has 0 radical (unpaired) electrons. The lowest BCUT2D eigenvalue weighted by atomic mass is 9.82. The predicted molar refractivity (Wildman–Crippen MR) is 117 cm³/mol. The van der Waals surface area contributed by atoms with Crippen LogP contribution in [0.3, 0.4) is 0 Å². The van der Waals surface area contributed by atoms with Crippen LogP contribution in [0, 0.1) is 0 Å². The van der Waals surface area contributed by atoms with Gasteiger partial charge in [0.25, 0.3) is 5.91 Å². The molecule has 146 valence electrons. The van der Waals surface area contributed by atoms with Gasteiger partial charge in [-0.15, -0.1) is 0 Å². The largest absolute Gasteiger partial charge is 0.322 e. The minimum atomic E-state index is -0.872. The zero-order valence-electron chi connectivity index (χ0n) is 16.4. The van der Waals surface area contributed by atoms with Crippen molar-refractivity contribution in [1.29, 1.82) is 0 Å². The van der Waals surface area contributed by atoms with E-state index in [1.165, 1.54) is 5.56 Å². The molecule has 0 bridgehead atoms. The fraction of sp³-hybridized carbons (Fsp3) is 0.240. The molecule has 1 amide bonds. The number of carbonyl (C=O) groups is 1. The Morgan fingerprint density at radius 3 is 1.75 bits per heavy atom. The van der Waals surface area contributed by atoms with Crippen LogP contribution < -0.4 is 5.32 Å². The van der Waals surface area contributed by atoms with Crippen LogP contribution in [0.4, 0.5) is 0 Å². The Balaban J connectivity index is 0.00000160. The standard InChI is InChI=1S/C25H26N2O.2H2/c1-24(2)26-25(21-14-8-4-9-15-21,22-16-10-5-11-17-22)23(28)27(24)19-18-20-12-6-3-7-13-20;;/h3-17,26H,18-19H2,1-2H3;2*1H. The van der Waals surface area contributed by atoms with Gasteiger partial charge in [0.15, 0.2) is 5.54 Å². The van der Waals surface area contributed by atoms with Gasteiger partial charge in [0.05, 0.1) is 5.66 Å². The van der Waals surface area contributed by atoms with E-state index in [1.54, 1.807) is 0 Å². The summed E-state index contributed by atoms with van der Waals surface area (Å²) in [4.78, 5) is 15.9. The second-order valence-corrected chi connectivity index (χ2v) is 7.86. The van der Waals surface area contributed by atoms with Gasteiger partial charge in [0.1, 0.15) is 0 Å². The van der Waals surface area contributed by atoms with E-state index in [0.29, 0.717) is 6.54 Å². The first kappa shape index (κ1) is 18.5. The summed E-state index contributed by atoms with van der Waals surface area (Å²) in [7, 11) is 0. The maximum Gasteiger partial charge on any atom is 0.253 e. The lowest BCUT2D eigenvalue weighted by Crippen LogP contribution is -2.50. The summed E-state index contributed by atoms with van der Waals surface area (Å²) < 4.78 is 0. The van der Waals surface area contributed by atoms with E-state index in [9.17, 15) is 4.79 Å². The lowest BCUT2D eigenvalue weighted by Gasteiger charge is -2.31. The van der Waals surface area contributed by atoms with Crippen LogP contribution in [0.2, 0.25) is 0 Å². The summed E-state index contributed by atoms with van der Waals surface area (Å²) in [6.07, 6.45) is 0.831. The average molecular weight is 375 g/mol. The summed E-state index contributed by atoms with van der Waals surface area (Å²) in [5.74, 6) is 0.103. The van der Waals surface area contributed by atoms with E-state index in [2.05, 4.69) is 31.3 Å². The minimum Gasteiger partial charge on any atom is -0.322 e. The second-order valence-electron chi connectivity index (χ2n) is 7.86. The number of hydrogen-bond donors (Lipinski definition) is 1. The van der Waals surface area contributed by atoms with Gasteiger partial charge in [0, 0.05) is 9.40 Å². The summed E-state index contributed by atoms with van der Waals surface area (Å²) >= 11 is 0. The van der Waals surface area contributed by atoms with Gasteiger partial charge in [-0.05, 0) is 37.0 Å². The number of nitrogens with one attached hydrogen (secondary N) is 1. The fourth-order valence-corrected chi connectivity index (χ4v) is 4.24. The number of nitrogens with zero attached hydrogens (tertiary/aromatic N) is 1. The Morgan fingerprint density at radius 2 is 1.25 bits per heavy atom. The molecule has 0 spiro atoms. The van der Waals surface area contributed by atoms with Crippen LogP contribution in [0.25, 0.3) is 0 Å². The van der Waals surface area contributed by atoms with Gasteiger partial charge >= 0.3 is 0 Å². The normalized spacial score (nSPS) is 17.6. The zero-order chi connectivity index (χ0) is 19.6. The average Bonchev–Trinajstić information content (AvgIpc) is 2.94. The Labute approximate surface area is 170 Å². The Hall–Kier alpha value is -2.91. The van der Waals surface area contributed by atoms with Crippen LogP contribution in [-0.2, 0) is 16.8 Å². The lowest BCUT2D eigenvalue weighted by molar-refractivity contribution is -0.133. The Kier molecular flexibility index (Phi) is 4.78. The molecule has 1 saturated heterocycles. The highest BCUT2D eigenvalue weighted by atomic mass is 16.2. The number of rotatable bonds is 5. The highest BCUT2D eigenvalue weighted by Gasteiger charge is 2.56. The van der Waals surface area contributed by atoms with E-state index in [1.807, 2.05) is 83.8 Å². The fourth-order valence-electron chi connectivity index (χ4n) is 4.24. The first-order valence-electron chi connectivity index (χ1n) is 9.80. The maximum absolute atomic E-state index is 13.9. The molecule has 1 N–H and O–H groups in total. The molecule has 0 aromatic heterocycles. The molecule has 3 nitrogen and oxygen atoms in total. The molecule has 3 aromatic rings. The molecule has 3 heteroatoms. The molecule has 1 aliphatic rings. The van der Waals surface area contributed by atoms with Crippen molar-refractivity contribution >= 4 is 5.91 Å². The number of amides is 1. The molecule has 28 heavy (non-hydrogen) atoms. The summed E-state index contributed by atoms with van der Waals surface area (Å²) in [5, 5.41) is 3.69. The zero-order valence-corrected chi connectivity index (χ0v) is 16.4. The second kappa shape index (κ2) is 7.25. The molecule has 0 aliphatic carbocycles. The van der Waals surface area contributed by atoms with Gasteiger partial charge in [-0.3, -0.25) is 10.1 Å². The van der Waals surface area contributed by atoms with Crippen molar-refractivity contribution in [2.45, 2.75) is 31.5 Å². The summed E-state index contributed by atoms with van der Waals surface area (Å²) in [5.41, 5.74) is 1.85. The SMILES string of the molecule is CC1(C)NC(c2ccccc2)(c2ccccc2)C(=O)N1CCc1ccccc1.[HH].[HH]. The minimum absolute atomic E-state index is 0. The molecule has 1 aliphatic heterocycles. The van der Waals surface area contributed by atoms with Crippen molar-refractivity contribution in [1.82, 2.24) is 10.2 Å². The Morgan fingerprint density at radius 1 is 0.786 bits per heavy atom. The number of benzene rings is 3. The maximum atomic E-state index is 13.9. The van der Waals surface area contributed by atoms with E-state index in [4.69, 9.17) is 0 Å². The van der Waals surface area contributed by atoms with Gasteiger partial charge in [-0.25, -0.2) is 0 Å². The summed E-state index contributed by atoms with van der Waals surface area (Å²) in [6, 6.07) is 30.4. The van der Waals surface area contributed by atoms with Crippen molar-refractivity contribution in [2.75, 3.05) is 6.54 Å². The molecular formula is C25H30N2O. The van der Waals surface area contributed by atoms with Crippen molar-refractivity contribution < 1.29 is 7.65 Å². The van der Waals surface area contributed by atoms with Crippen LogP contribution in [-0.4, -0.2) is 23.0 Å². The number of carbonyl (C=O) groups excluding carboxylic acids is 1. The quantitative estimate of drug-likeness (QED) is 0.693. The van der Waals surface area contributed by atoms with Crippen LogP contribution in [0.15, 0.2) is 91.0 Å². The third-order valence-electron chi connectivity index (χ3n) is 5.61. The van der Waals surface area contributed by atoms with Gasteiger partial charge in [-0.2, -0.15) is 0 Å². The van der Waals surface area contributed by atoms with Crippen molar-refractivity contribution in [3.8, 4) is 0 Å². The van der Waals surface area contributed by atoms with Crippen molar-refractivity contribution in [2.24, 2.45) is 0 Å². The number of hydrogen-bond acceptors (Lipinski definition) is 2. The molecule has 1 heterocycles. The molecule has 1 fully saturated rings. The van der Waals surface area contributed by atoms with Crippen LogP contribution >= 0.6 is 0 Å². The molecular weight excluding hydrogens is 344 g/mol. The third-order valence-corrected chi connectivity index (χ3v) is 5.61. The highest BCUT2D eigenvalue weighted by Crippen LogP contribution is 2.40. The molecule has 0 unspecified atom stereocenters. The predicted octanol–water partition coefficient (Wildman–Crippen LogP) is 4.83. The van der Waals surface area contributed by atoms with E-state index in [-0.39, 0.29) is 8.76 Å². The monoisotopic (exact) mass is 374 g/mol. The van der Waals surface area contributed by atoms with Gasteiger partial charge < -0.3 is 4.90 Å². The van der Waals surface area contributed by atoms with E-state index < -0.39 is 11.2 Å². The third kappa shape index (κ3) is 3.12. The smallest absolute Gasteiger partial charge is 0.253 e. The van der Waals surface area contributed by atoms with E-state index in [0.717, 1.165) is 17.5 Å². The molecule has 0 atom stereocenters. The molecule has 0 saturated carbocycles. The topological polar surface area (TPSA) is 32.3 Å². The van der Waals surface area contributed by atoms with Gasteiger partial charge in [0.2, 0.25) is 0 Å². The van der Waals surface area contributed by atoms with Crippen molar-refractivity contribution in [3.05, 3.63) is 108 Å². The first-order valence-corrected chi connectivity index (χ1v) is 9.80. The van der Waals surface area contributed by atoms with E-state index >= 15 is 0 Å². The van der Waals surface area contributed by atoms with Crippen LogP contribution in [0.1, 0.15) is 33.4 Å². The summed E-state index contributed by atoms with van der Waals surface area (Å²) in [6.45, 7) is 4.84. The first-order chi connectivity index (χ1) is 13.5.